The van der Waals surface area contributed by atoms with Gasteiger partial charge in [0.1, 0.15) is 11.8 Å². The number of urea groups is 1. The number of hydrogen-bond donors (Lipinski definition) is 4. The van der Waals surface area contributed by atoms with E-state index in [2.05, 4.69) is 16.0 Å². The number of carbonyl (C=O) groups is 3. The predicted molar refractivity (Wildman–Crippen MR) is 154 cm³/mol. The summed E-state index contributed by atoms with van der Waals surface area (Å²) in [6.45, 7) is 8.04. The van der Waals surface area contributed by atoms with Gasteiger partial charge in [0.05, 0.1) is 43.9 Å². The van der Waals surface area contributed by atoms with E-state index >= 15 is 0 Å². The predicted octanol–water partition coefficient (Wildman–Crippen LogP) is 1.36. The normalized spacial score (nSPS) is 18.9. The molecule has 2 fully saturated rings. The molecule has 0 unspecified atom stereocenters. The lowest BCUT2D eigenvalue weighted by molar-refractivity contribution is -0.932. The molecule has 2 aromatic carbocycles. The molecule has 4 rings (SSSR count). The van der Waals surface area contributed by atoms with Crippen molar-refractivity contribution in [2.45, 2.75) is 77.0 Å². The van der Waals surface area contributed by atoms with Gasteiger partial charge in [-0.2, -0.15) is 0 Å². The number of piperidine rings is 1. The highest BCUT2D eigenvalue weighted by Crippen LogP contribution is 2.25. The lowest BCUT2D eigenvalue weighted by Gasteiger charge is -2.44. The largest absolute Gasteiger partial charge is 1.00 e. The molecule has 2 aliphatic heterocycles. The van der Waals surface area contributed by atoms with Gasteiger partial charge in [-0.1, -0.05) is 12.1 Å². The van der Waals surface area contributed by atoms with Crippen LogP contribution in [0.4, 0.5) is 10.5 Å². The molecule has 2 aromatic rings. The monoisotopic (exact) mass is 678 g/mol. The molecule has 9 nitrogen and oxygen atoms in total. The Labute approximate surface area is 260 Å². The average Bonchev–Trinajstić information content (AvgIpc) is 3.14. The third-order valence-corrected chi connectivity index (χ3v) is 7.87. The molecule has 0 aromatic heterocycles. The number of carbonyl (C=O) groups excluding carboxylic acids is 3. The van der Waals surface area contributed by atoms with Crippen LogP contribution in [0.5, 0.6) is 5.75 Å². The number of halogens is 1. The molecule has 0 saturated carbocycles. The molecule has 0 radical (unpaired) electrons. The summed E-state index contributed by atoms with van der Waals surface area (Å²) in [6.07, 6.45) is 7.14. The highest BCUT2D eigenvalue weighted by atomic mass is 127. The summed E-state index contributed by atoms with van der Waals surface area (Å²) >= 11 is 0. The first-order valence-corrected chi connectivity index (χ1v) is 14.5. The van der Waals surface area contributed by atoms with Gasteiger partial charge in [0.2, 0.25) is 5.91 Å². The zero-order valence-corrected chi connectivity index (χ0v) is 26.2. The molecule has 2 saturated heterocycles. The van der Waals surface area contributed by atoms with Crippen LogP contribution in [0.1, 0.15) is 68.3 Å². The molecule has 0 bridgehead atoms. The van der Waals surface area contributed by atoms with Crippen LogP contribution in [-0.4, -0.2) is 71.9 Å². The number of hydrogen-bond acceptors (Lipinski definition) is 5. The van der Waals surface area contributed by atoms with Crippen molar-refractivity contribution in [1.82, 2.24) is 10.6 Å². The van der Waals surface area contributed by atoms with Crippen molar-refractivity contribution in [3.63, 3.8) is 0 Å². The minimum atomic E-state index is -0.802. The van der Waals surface area contributed by atoms with Gasteiger partial charge in [-0.3, -0.25) is 4.79 Å². The third kappa shape index (κ3) is 9.88. The molecule has 224 valence electrons. The van der Waals surface area contributed by atoms with Gasteiger partial charge in [0.15, 0.2) is 0 Å². The van der Waals surface area contributed by atoms with Crippen LogP contribution in [0, 0.1) is 0 Å². The first-order chi connectivity index (χ1) is 19.2. The van der Waals surface area contributed by atoms with Crippen molar-refractivity contribution < 1.29 is 52.7 Å². The van der Waals surface area contributed by atoms with Crippen molar-refractivity contribution in [2.24, 2.45) is 0 Å². The number of nitrogens with zero attached hydrogens (tertiary/aromatic N) is 1. The number of anilines is 1. The maximum absolute atomic E-state index is 13.6. The van der Waals surface area contributed by atoms with Crippen LogP contribution in [0.25, 0.3) is 0 Å². The van der Waals surface area contributed by atoms with Gasteiger partial charge < -0.3 is 54.3 Å². The van der Waals surface area contributed by atoms with E-state index in [4.69, 9.17) is 4.74 Å². The van der Waals surface area contributed by atoms with E-state index in [9.17, 15) is 19.5 Å². The van der Waals surface area contributed by atoms with Crippen LogP contribution >= 0.6 is 0 Å². The van der Waals surface area contributed by atoms with Crippen molar-refractivity contribution in [3.05, 3.63) is 59.7 Å². The molecule has 2 heterocycles. The Morgan fingerprint density at radius 2 is 1.56 bits per heavy atom. The summed E-state index contributed by atoms with van der Waals surface area (Å²) in [5, 5.41) is 18.5. The third-order valence-electron chi connectivity index (χ3n) is 7.87. The fourth-order valence-corrected chi connectivity index (χ4v) is 5.88. The highest BCUT2D eigenvalue weighted by molar-refractivity contribution is 5.95. The molecule has 3 amide bonds. The molecule has 1 spiro atoms. The average molecular weight is 679 g/mol. The number of quaternary nitrogens is 1. The van der Waals surface area contributed by atoms with Crippen LogP contribution in [0.2, 0.25) is 0 Å². The minimum absolute atomic E-state index is 0. The second-order valence-electron chi connectivity index (χ2n) is 11.5. The summed E-state index contributed by atoms with van der Waals surface area (Å²) < 4.78 is 6.29. The maximum Gasteiger partial charge on any atom is 0.338 e. The van der Waals surface area contributed by atoms with E-state index in [0.717, 1.165) is 29.4 Å². The first kappa shape index (κ1) is 32.7. The van der Waals surface area contributed by atoms with E-state index in [0.29, 0.717) is 11.3 Å². The first-order valence-electron chi connectivity index (χ1n) is 14.5. The lowest BCUT2D eigenvalue weighted by Crippen LogP contribution is -3.00. The van der Waals surface area contributed by atoms with Crippen molar-refractivity contribution in [1.29, 1.82) is 0 Å². The maximum atomic E-state index is 13.6. The van der Waals surface area contributed by atoms with Crippen molar-refractivity contribution in [3.8, 4) is 5.75 Å². The topological polar surface area (TPSA) is 117 Å². The van der Waals surface area contributed by atoms with Crippen LogP contribution in [0.3, 0.4) is 0 Å². The van der Waals surface area contributed by atoms with Gasteiger partial charge in [-0.15, -0.1) is 0 Å². The van der Waals surface area contributed by atoms with Gasteiger partial charge in [-0.25, -0.2) is 9.59 Å². The fraction of sp³-hybridized carbons (Fsp3) is 0.516. The van der Waals surface area contributed by atoms with Gasteiger partial charge in [-0.05, 0) is 94.3 Å². The summed E-state index contributed by atoms with van der Waals surface area (Å²) in [5.74, 6) is -0.497. The number of ether oxygens (including phenoxy) is 1. The molecule has 2 atom stereocenters. The molecule has 10 heteroatoms. The number of phenols is 1. The Hall–Kier alpha value is -2.86. The Bertz CT molecular complexity index is 1150. The number of rotatable bonds is 8. The van der Waals surface area contributed by atoms with E-state index in [1.54, 1.807) is 62.4 Å². The summed E-state index contributed by atoms with van der Waals surface area (Å²) in [5.41, 5.74) is 1.70. The van der Waals surface area contributed by atoms with Gasteiger partial charge in [0.25, 0.3) is 0 Å². The second kappa shape index (κ2) is 15.4. The number of amides is 3. The standard InChI is InChI=1S/C31H42N4O5.HI/c1-22(2)40-30(38)24-11-13-25(14-12-24)33-31(39)34-28(20-23-9-15-27(36)16-10-23)29(37)32-26-8-7-19-35(21-26)17-5-3-4-6-18-35;/h9-16,22,26,28H,3-8,17-21H2,1-2H3,(H3-,32,33,34,36,37,38,39);1H/t26-,28-;/m0./s1. The number of benzene rings is 2. The van der Waals surface area contributed by atoms with Gasteiger partial charge >= 0.3 is 12.0 Å². The van der Waals surface area contributed by atoms with Crippen molar-refractivity contribution in [2.75, 3.05) is 31.5 Å². The molecule has 41 heavy (non-hydrogen) atoms. The Morgan fingerprint density at radius 1 is 0.927 bits per heavy atom. The summed E-state index contributed by atoms with van der Waals surface area (Å²) in [6, 6.07) is 11.8. The summed E-state index contributed by atoms with van der Waals surface area (Å²) in [7, 11) is 0. The summed E-state index contributed by atoms with van der Waals surface area (Å²) in [4.78, 5) is 38.6. The number of phenolic OH excluding ortho intramolecular Hbond substituents is 1. The van der Waals surface area contributed by atoms with E-state index in [1.807, 2.05) is 0 Å². The highest BCUT2D eigenvalue weighted by Gasteiger charge is 2.36. The zero-order chi connectivity index (χ0) is 28.5. The fourth-order valence-electron chi connectivity index (χ4n) is 5.88. The van der Waals surface area contributed by atoms with Crippen LogP contribution in [0.15, 0.2) is 48.5 Å². The smallest absolute Gasteiger partial charge is 0.338 e. The Balaban J connectivity index is 0.00000462. The Morgan fingerprint density at radius 3 is 2.20 bits per heavy atom. The van der Waals surface area contributed by atoms with Crippen molar-refractivity contribution >= 4 is 23.6 Å². The second-order valence-corrected chi connectivity index (χ2v) is 11.5. The molecular weight excluding hydrogens is 635 g/mol. The number of esters is 1. The number of nitrogens with one attached hydrogen (secondary N) is 3. The quantitative estimate of drug-likeness (QED) is 0.191. The molecular formula is C31H43IN4O5. The van der Waals surface area contributed by atoms with E-state index in [-0.39, 0.29) is 54.2 Å². The number of aromatic hydroxyl groups is 1. The van der Waals surface area contributed by atoms with E-state index in [1.165, 1.54) is 45.3 Å². The van der Waals surface area contributed by atoms with E-state index < -0.39 is 18.0 Å². The lowest BCUT2D eigenvalue weighted by atomic mass is 10.00. The molecule has 4 N–H and O–H groups in total. The molecule has 0 aliphatic carbocycles. The van der Waals surface area contributed by atoms with Crippen LogP contribution in [-0.2, 0) is 16.0 Å². The minimum Gasteiger partial charge on any atom is -1.00 e. The van der Waals surface area contributed by atoms with Crippen LogP contribution < -0.4 is 39.9 Å². The van der Waals surface area contributed by atoms with Gasteiger partial charge in [0, 0.05) is 12.1 Å². The zero-order valence-electron chi connectivity index (χ0n) is 24.0. The Kier molecular flexibility index (Phi) is 12.3. The SMILES string of the molecule is CC(C)OC(=O)c1ccc(NC(=O)N[C@@H](Cc2ccc(O)cc2)C(=O)N[C@H]2CCC[N+]3(CCCCCC3)C2)cc1.[I-]. The molecule has 2 aliphatic rings.